The van der Waals surface area contributed by atoms with Gasteiger partial charge in [-0.2, -0.15) is 0 Å². The molecule has 1 fully saturated rings. The number of anilines is 1. The fourth-order valence-electron chi connectivity index (χ4n) is 3.03. The van der Waals surface area contributed by atoms with Crippen LogP contribution in [0.1, 0.15) is 38.7 Å². The van der Waals surface area contributed by atoms with Gasteiger partial charge in [0.15, 0.2) is 17.0 Å². The molecule has 0 saturated carbocycles. The van der Waals surface area contributed by atoms with Gasteiger partial charge in [-0.25, -0.2) is 23.4 Å². The fraction of sp³-hybridized carbons (Fsp3) is 0.625. The van der Waals surface area contributed by atoms with E-state index in [1.54, 1.807) is 27.5 Å². The molecular formula is C16H21F2N9. The zero-order valence-corrected chi connectivity index (χ0v) is 15.7. The molecule has 0 spiro atoms. The van der Waals surface area contributed by atoms with Crippen molar-refractivity contribution < 1.29 is 8.78 Å². The minimum absolute atomic E-state index is 0.196. The van der Waals surface area contributed by atoms with E-state index in [1.165, 1.54) is 0 Å². The van der Waals surface area contributed by atoms with Crippen LogP contribution >= 0.6 is 0 Å². The Morgan fingerprint density at radius 3 is 2.56 bits per heavy atom. The highest BCUT2D eigenvalue weighted by atomic mass is 19.3. The highest BCUT2D eigenvalue weighted by molar-refractivity contribution is 5.83. The van der Waals surface area contributed by atoms with Gasteiger partial charge >= 0.3 is 0 Å². The van der Waals surface area contributed by atoms with Crippen LogP contribution < -0.4 is 4.90 Å². The lowest BCUT2D eigenvalue weighted by Gasteiger charge is -2.22. The molecule has 0 radical (unpaired) electrons. The number of fused-ring (bicyclic) bond motifs is 1. The normalized spacial score (nSPS) is 17.2. The van der Waals surface area contributed by atoms with Crippen LogP contribution in [-0.4, -0.2) is 59.0 Å². The van der Waals surface area contributed by atoms with Crippen LogP contribution in [0.3, 0.4) is 0 Å². The zero-order valence-electron chi connectivity index (χ0n) is 15.7. The Hall–Kier alpha value is -2.72. The van der Waals surface area contributed by atoms with Gasteiger partial charge in [0.05, 0.1) is 25.0 Å². The lowest BCUT2D eigenvalue weighted by atomic mass is 9.96. The van der Waals surface area contributed by atoms with E-state index in [4.69, 9.17) is 0 Å². The third-order valence-corrected chi connectivity index (χ3v) is 4.60. The molecule has 1 aliphatic heterocycles. The Morgan fingerprint density at radius 2 is 1.96 bits per heavy atom. The van der Waals surface area contributed by atoms with Gasteiger partial charge in [0, 0.05) is 25.4 Å². The van der Waals surface area contributed by atoms with Crippen molar-refractivity contribution in [2.75, 3.05) is 18.0 Å². The summed E-state index contributed by atoms with van der Waals surface area (Å²) in [7, 11) is 1.79. The first-order chi connectivity index (χ1) is 12.6. The van der Waals surface area contributed by atoms with E-state index in [2.05, 4.69) is 30.6 Å². The van der Waals surface area contributed by atoms with Crippen LogP contribution in [0.15, 0.2) is 6.20 Å². The smallest absolute Gasteiger partial charge is 0.266 e. The van der Waals surface area contributed by atoms with Gasteiger partial charge in [0.2, 0.25) is 0 Å². The molecule has 27 heavy (non-hydrogen) atoms. The van der Waals surface area contributed by atoms with Gasteiger partial charge in [-0.05, 0) is 0 Å². The van der Waals surface area contributed by atoms with Crippen molar-refractivity contribution in [3.8, 4) is 0 Å². The van der Waals surface area contributed by atoms with E-state index in [0.717, 1.165) is 5.69 Å². The number of rotatable bonds is 3. The van der Waals surface area contributed by atoms with Gasteiger partial charge < -0.3 is 4.90 Å². The molecule has 3 aromatic heterocycles. The largest absolute Gasteiger partial charge is 0.348 e. The van der Waals surface area contributed by atoms with Gasteiger partial charge in [0.25, 0.3) is 5.92 Å². The highest BCUT2D eigenvalue weighted by Crippen LogP contribution is 2.34. The second-order valence-corrected chi connectivity index (χ2v) is 7.92. The first kappa shape index (κ1) is 17.7. The average Bonchev–Trinajstić information content (AvgIpc) is 3.26. The van der Waals surface area contributed by atoms with Crippen molar-refractivity contribution >= 4 is 17.0 Å². The summed E-state index contributed by atoms with van der Waals surface area (Å²) in [5.74, 6) is -1.75. The Kier molecular flexibility index (Phi) is 3.86. The lowest BCUT2D eigenvalue weighted by molar-refractivity contribution is 0.0257. The Labute approximate surface area is 154 Å². The monoisotopic (exact) mass is 377 g/mol. The van der Waals surface area contributed by atoms with Gasteiger partial charge in [-0.3, -0.25) is 4.68 Å². The van der Waals surface area contributed by atoms with E-state index in [1.807, 2.05) is 20.8 Å². The summed E-state index contributed by atoms with van der Waals surface area (Å²) in [4.78, 5) is 10.8. The summed E-state index contributed by atoms with van der Waals surface area (Å²) in [6, 6.07) is 0. The Morgan fingerprint density at radius 1 is 1.19 bits per heavy atom. The van der Waals surface area contributed by atoms with Gasteiger partial charge in [-0.15, -0.1) is 10.2 Å². The molecule has 0 N–H and O–H groups in total. The molecule has 0 aliphatic carbocycles. The number of halogens is 2. The maximum absolute atomic E-state index is 13.8. The quantitative estimate of drug-likeness (QED) is 0.684. The van der Waals surface area contributed by atoms with Crippen molar-refractivity contribution in [2.45, 2.75) is 45.1 Å². The predicted molar refractivity (Wildman–Crippen MR) is 93.7 cm³/mol. The lowest BCUT2D eigenvalue weighted by Crippen LogP contribution is -2.27. The predicted octanol–water partition coefficient (Wildman–Crippen LogP) is 1.54. The van der Waals surface area contributed by atoms with Crippen LogP contribution in [0.5, 0.6) is 0 Å². The van der Waals surface area contributed by atoms with Crippen molar-refractivity contribution in [1.29, 1.82) is 0 Å². The molecule has 11 heteroatoms. The van der Waals surface area contributed by atoms with Crippen LogP contribution in [0.25, 0.3) is 11.2 Å². The second-order valence-electron chi connectivity index (χ2n) is 7.92. The van der Waals surface area contributed by atoms with Crippen LogP contribution in [0.4, 0.5) is 14.6 Å². The molecule has 0 atom stereocenters. The Balaban J connectivity index is 1.84. The summed E-state index contributed by atoms with van der Waals surface area (Å²) >= 11 is 0. The van der Waals surface area contributed by atoms with Crippen LogP contribution in [0, 0.1) is 0 Å². The minimum Gasteiger partial charge on any atom is -0.348 e. The van der Waals surface area contributed by atoms with Gasteiger partial charge in [0.1, 0.15) is 5.82 Å². The number of aryl methyl sites for hydroxylation is 1. The summed E-state index contributed by atoms with van der Waals surface area (Å²) in [6.45, 7) is 6.17. The first-order valence-electron chi connectivity index (χ1n) is 8.72. The molecule has 3 aromatic rings. The molecule has 0 aromatic carbocycles. The van der Waals surface area contributed by atoms with Gasteiger partial charge in [-0.1, -0.05) is 31.2 Å². The topological polar surface area (TPSA) is 90.4 Å². The number of nitrogens with zero attached hydrogens (tertiary/aromatic N) is 9. The molecular weight excluding hydrogens is 356 g/mol. The number of aromatic nitrogens is 8. The highest BCUT2D eigenvalue weighted by Gasteiger charge is 2.40. The molecule has 1 saturated heterocycles. The fourth-order valence-corrected chi connectivity index (χ4v) is 3.03. The van der Waals surface area contributed by atoms with Crippen molar-refractivity contribution in [2.24, 2.45) is 7.05 Å². The van der Waals surface area contributed by atoms with E-state index < -0.39 is 5.92 Å². The van der Waals surface area contributed by atoms with E-state index >= 15 is 0 Å². The molecule has 0 amide bonds. The molecule has 0 bridgehead atoms. The Bertz CT molecular complexity index is 986. The molecule has 144 valence electrons. The second kappa shape index (κ2) is 5.89. The maximum atomic E-state index is 13.8. The summed E-state index contributed by atoms with van der Waals surface area (Å²) in [5.41, 5.74) is 1.41. The van der Waals surface area contributed by atoms with E-state index in [-0.39, 0.29) is 24.9 Å². The standard InChI is InChI=1S/C16H21F2N9/c1-15(2,3)14-20-12(26-6-5-16(17,18)9-26)11-13(21-14)27(24-22-11)8-10-7-19-23-25(10)4/h7H,5-6,8-9H2,1-4H3. The number of hydrogen-bond acceptors (Lipinski definition) is 7. The summed E-state index contributed by atoms with van der Waals surface area (Å²) < 4.78 is 30.8. The van der Waals surface area contributed by atoms with Crippen molar-refractivity contribution in [1.82, 2.24) is 40.0 Å². The first-order valence-corrected chi connectivity index (χ1v) is 8.72. The summed E-state index contributed by atoms with van der Waals surface area (Å²) in [5, 5.41) is 16.2. The minimum atomic E-state index is -2.73. The molecule has 9 nitrogen and oxygen atoms in total. The summed E-state index contributed by atoms with van der Waals surface area (Å²) in [6.07, 6.45) is 1.44. The van der Waals surface area contributed by atoms with E-state index in [0.29, 0.717) is 29.4 Å². The third-order valence-electron chi connectivity index (χ3n) is 4.60. The van der Waals surface area contributed by atoms with Crippen LogP contribution in [0.2, 0.25) is 0 Å². The molecule has 4 rings (SSSR count). The van der Waals surface area contributed by atoms with E-state index in [9.17, 15) is 8.78 Å². The molecule has 4 heterocycles. The zero-order chi connectivity index (χ0) is 19.4. The third kappa shape index (κ3) is 3.21. The maximum Gasteiger partial charge on any atom is 0.266 e. The average molecular weight is 377 g/mol. The SMILES string of the molecule is Cn1nncc1Cn1nnc2c(N3CCC(F)(F)C3)nc(C(C)(C)C)nc21. The van der Waals surface area contributed by atoms with Crippen LogP contribution in [-0.2, 0) is 19.0 Å². The number of hydrogen-bond donors (Lipinski definition) is 0. The van der Waals surface area contributed by atoms with Crippen molar-refractivity contribution in [3.05, 3.63) is 17.7 Å². The molecule has 1 aliphatic rings. The molecule has 0 unspecified atom stereocenters. The number of alkyl halides is 2. The van der Waals surface area contributed by atoms with Crippen molar-refractivity contribution in [3.63, 3.8) is 0 Å².